The molecule has 0 radical (unpaired) electrons. The first-order valence-electron chi connectivity index (χ1n) is 6.55. The highest BCUT2D eigenvalue weighted by Gasteiger charge is 2.29. The lowest BCUT2D eigenvalue weighted by Gasteiger charge is -2.32. The fourth-order valence-corrected chi connectivity index (χ4v) is 2.99. The molecule has 0 bridgehead atoms. The van der Waals surface area contributed by atoms with Gasteiger partial charge in [-0.15, -0.1) is 0 Å². The van der Waals surface area contributed by atoms with Crippen molar-refractivity contribution in [3.8, 4) is 0 Å². The molecule has 1 aromatic rings. The van der Waals surface area contributed by atoms with Crippen LogP contribution in [0.3, 0.4) is 0 Å². The van der Waals surface area contributed by atoms with Gasteiger partial charge in [0, 0.05) is 22.3 Å². The number of amides is 1. The Kier molecular flexibility index (Phi) is 4.47. The molecule has 104 valence electrons. The van der Waals surface area contributed by atoms with E-state index in [-0.39, 0.29) is 5.91 Å². The van der Waals surface area contributed by atoms with Gasteiger partial charge in [0.25, 0.3) is 5.91 Å². The van der Waals surface area contributed by atoms with Crippen LogP contribution in [-0.2, 0) is 0 Å². The number of benzene rings is 1. The zero-order valence-electron chi connectivity index (χ0n) is 10.8. The van der Waals surface area contributed by atoms with Gasteiger partial charge in [0.05, 0.1) is 5.60 Å². The maximum atomic E-state index is 12.0. The van der Waals surface area contributed by atoms with Crippen LogP contribution in [0.25, 0.3) is 0 Å². The highest BCUT2D eigenvalue weighted by Crippen LogP contribution is 2.27. The van der Waals surface area contributed by atoms with Crippen molar-refractivity contribution in [2.24, 2.45) is 0 Å². The number of rotatable bonds is 3. The molecule has 0 spiro atoms. The Balaban J connectivity index is 1.97. The number of hydrogen-bond donors (Lipinski definition) is 3. The SMILES string of the molecule is Nc1cc(Br)cc(C(=O)NCC2(O)CCCCC2)c1. The molecule has 0 unspecified atom stereocenters. The predicted octanol–water partition coefficient (Wildman–Crippen LogP) is 2.46. The topological polar surface area (TPSA) is 75.4 Å². The third-order valence-corrected chi connectivity index (χ3v) is 4.00. The van der Waals surface area contributed by atoms with Gasteiger partial charge in [-0.1, -0.05) is 35.2 Å². The van der Waals surface area contributed by atoms with Gasteiger partial charge in [0.1, 0.15) is 0 Å². The Morgan fingerprint density at radius 1 is 1.32 bits per heavy atom. The van der Waals surface area contributed by atoms with Crippen molar-refractivity contribution in [3.05, 3.63) is 28.2 Å². The first-order chi connectivity index (χ1) is 8.98. The van der Waals surface area contributed by atoms with Crippen LogP contribution in [0.15, 0.2) is 22.7 Å². The summed E-state index contributed by atoms with van der Waals surface area (Å²) >= 11 is 3.31. The number of carbonyl (C=O) groups is 1. The lowest BCUT2D eigenvalue weighted by atomic mass is 9.85. The van der Waals surface area contributed by atoms with Crippen molar-refractivity contribution >= 4 is 27.5 Å². The predicted molar refractivity (Wildman–Crippen MR) is 78.9 cm³/mol. The van der Waals surface area contributed by atoms with Gasteiger partial charge in [-0.25, -0.2) is 0 Å². The summed E-state index contributed by atoms with van der Waals surface area (Å²) in [5.41, 5.74) is 6.00. The van der Waals surface area contributed by atoms with Gasteiger partial charge in [-0.05, 0) is 31.0 Å². The van der Waals surface area contributed by atoms with E-state index in [9.17, 15) is 9.90 Å². The highest BCUT2D eigenvalue weighted by atomic mass is 79.9. The molecule has 1 aliphatic carbocycles. The fourth-order valence-electron chi connectivity index (χ4n) is 2.48. The highest BCUT2D eigenvalue weighted by molar-refractivity contribution is 9.10. The minimum absolute atomic E-state index is 0.202. The molecule has 4 nitrogen and oxygen atoms in total. The molecule has 4 N–H and O–H groups in total. The van der Waals surface area contributed by atoms with Crippen molar-refractivity contribution in [3.63, 3.8) is 0 Å². The van der Waals surface area contributed by atoms with Gasteiger partial charge in [0.15, 0.2) is 0 Å². The van der Waals surface area contributed by atoms with Crippen LogP contribution in [0.4, 0.5) is 5.69 Å². The quantitative estimate of drug-likeness (QED) is 0.747. The molecule has 0 heterocycles. The number of anilines is 1. The lowest BCUT2D eigenvalue weighted by molar-refractivity contribution is 0.00526. The number of nitrogens with one attached hydrogen (secondary N) is 1. The Labute approximate surface area is 121 Å². The van der Waals surface area contributed by atoms with Crippen molar-refractivity contribution in [1.82, 2.24) is 5.32 Å². The molecule has 1 amide bonds. The average molecular weight is 327 g/mol. The smallest absolute Gasteiger partial charge is 0.251 e. The second-order valence-corrected chi connectivity index (χ2v) is 6.16. The third kappa shape index (κ3) is 3.94. The minimum atomic E-state index is -0.745. The normalized spacial score (nSPS) is 18.0. The van der Waals surface area contributed by atoms with Gasteiger partial charge < -0.3 is 16.2 Å². The Morgan fingerprint density at radius 3 is 2.63 bits per heavy atom. The molecule has 19 heavy (non-hydrogen) atoms. The zero-order chi connectivity index (χ0) is 13.9. The second-order valence-electron chi connectivity index (χ2n) is 5.24. The largest absolute Gasteiger partial charge is 0.399 e. The van der Waals surface area contributed by atoms with Crippen molar-refractivity contribution in [1.29, 1.82) is 0 Å². The van der Waals surface area contributed by atoms with Crippen molar-refractivity contribution in [2.45, 2.75) is 37.7 Å². The van der Waals surface area contributed by atoms with Crippen LogP contribution in [0, 0.1) is 0 Å². The van der Waals surface area contributed by atoms with E-state index in [1.807, 2.05) is 0 Å². The summed E-state index contributed by atoms with van der Waals surface area (Å²) in [7, 11) is 0. The van der Waals surface area contributed by atoms with E-state index in [1.165, 1.54) is 6.42 Å². The van der Waals surface area contributed by atoms with E-state index in [2.05, 4.69) is 21.2 Å². The summed E-state index contributed by atoms with van der Waals surface area (Å²) in [6.45, 7) is 0.304. The summed E-state index contributed by atoms with van der Waals surface area (Å²) in [5, 5.41) is 13.1. The molecule has 0 aliphatic heterocycles. The molecule has 0 saturated heterocycles. The van der Waals surface area contributed by atoms with E-state index in [0.717, 1.165) is 30.2 Å². The summed E-state index contributed by atoms with van der Waals surface area (Å²) in [5.74, 6) is -0.202. The molecular weight excluding hydrogens is 308 g/mol. The van der Waals surface area contributed by atoms with Gasteiger partial charge in [-0.2, -0.15) is 0 Å². The minimum Gasteiger partial charge on any atom is -0.399 e. The van der Waals surface area contributed by atoms with Crippen molar-refractivity contribution in [2.75, 3.05) is 12.3 Å². The molecule has 1 saturated carbocycles. The fraction of sp³-hybridized carbons (Fsp3) is 0.500. The molecule has 1 fully saturated rings. The van der Waals surface area contributed by atoms with E-state index in [0.29, 0.717) is 17.8 Å². The summed E-state index contributed by atoms with van der Waals surface area (Å²) in [6.07, 6.45) is 4.73. The molecule has 2 rings (SSSR count). The zero-order valence-corrected chi connectivity index (χ0v) is 12.4. The molecular formula is C14H19BrN2O2. The number of nitrogens with two attached hydrogens (primary N) is 1. The number of hydrogen-bond acceptors (Lipinski definition) is 3. The van der Waals surface area contributed by atoms with Crippen LogP contribution < -0.4 is 11.1 Å². The van der Waals surface area contributed by atoms with E-state index in [4.69, 9.17) is 5.73 Å². The maximum Gasteiger partial charge on any atom is 0.251 e. The lowest BCUT2D eigenvalue weighted by Crippen LogP contribution is -2.44. The number of nitrogen functional groups attached to an aromatic ring is 1. The first kappa shape index (κ1) is 14.3. The van der Waals surface area contributed by atoms with Crippen LogP contribution in [-0.4, -0.2) is 23.2 Å². The average Bonchev–Trinajstić information content (AvgIpc) is 2.36. The van der Waals surface area contributed by atoms with Gasteiger partial charge in [-0.3, -0.25) is 4.79 Å². The molecule has 1 aromatic carbocycles. The Bertz CT molecular complexity index is 450. The van der Waals surface area contributed by atoms with Crippen LogP contribution in [0.1, 0.15) is 42.5 Å². The van der Waals surface area contributed by atoms with E-state index in [1.54, 1.807) is 18.2 Å². The van der Waals surface area contributed by atoms with Crippen LogP contribution in [0.2, 0.25) is 0 Å². The molecule has 0 atom stereocenters. The van der Waals surface area contributed by atoms with E-state index < -0.39 is 5.60 Å². The van der Waals surface area contributed by atoms with Gasteiger partial charge in [0.2, 0.25) is 0 Å². The molecule has 0 aromatic heterocycles. The molecule has 1 aliphatic rings. The number of halogens is 1. The molecule has 5 heteroatoms. The summed E-state index contributed by atoms with van der Waals surface area (Å²) < 4.78 is 0.772. The first-order valence-corrected chi connectivity index (χ1v) is 7.34. The third-order valence-electron chi connectivity index (χ3n) is 3.54. The Morgan fingerprint density at radius 2 is 2.00 bits per heavy atom. The standard InChI is InChI=1S/C14H19BrN2O2/c15-11-6-10(7-12(16)8-11)13(18)17-9-14(19)4-2-1-3-5-14/h6-8,19H,1-5,9,16H2,(H,17,18). The van der Waals surface area contributed by atoms with E-state index >= 15 is 0 Å². The van der Waals surface area contributed by atoms with Crippen molar-refractivity contribution < 1.29 is 9.90 Å². The monoisotopic (exact) mass is 326 g/mol. The van der Waals surface area contributed by atoms with Gasteiger partial charge >= 0.3 is 0 Å². The maximum absolute atomic E-state index is 12.0. The number of aliphatic hydroxyl groups is 1. The second kappa shape index (κ2) is 5.92. The Hall–Kier alpha value is -1.07. The van der Waals surface area contributed by atoms with Crippen LogP contribution >= 0.6 is 15.9 Å². The van der Waals surface area contributed by atoms with Crippen LogP contribution in [0.5, 0.6) is 0 Å². The summed E-state index contributed by atoms with van der Waals surface area (Å²) in [4.78, 5) is 12.0. The summed E-state index contributed by atoms with van der Waals surface area (Å²) in [6, 6.07) is 5.09. The number of carbonyl (C=O) groups excluding carboxylic acids is 1.